The summed E-state index contributed by atoms with van der Waals surface area (Å²) in [5.74, 6) is -0.310. The lowest BCUT2D eigenvalue weighted by molar-refractivity contribution is 0.183. The summed E-state index contributed by atoms with van der Waals surface area (Å²) in [5, 5.41) is 10.3. The van der Waals surface area contributed by atoms with E-state index in [1.807, 2.05) is 0 Å². The molecule has 2 aromatic rings. The molecule has 0 spiro atoms. The van der Waals surface area contributed by atoms with Crippen LogP contribution in [-0.2, 0) is 0 Å². The van der Waals surface area contributed by atoms with Crippen LogP contribution in [0.3, 0.4) is 0 Å². The quantitative estimate of drug-likeness (QED) is 0.763. The number of furan rings is 1. The molecule has 2 nitrogen and oxygen atoms in total. The largest absolute Gasteiger partial charge is 0.451 e. The number of rotatable bonds is 2. The average molecular weight is 384 g/mol. The third-order valence-corrected chi connectivity index (χ3v) is 3.82. The molecular formula is C11H6Br2ClFO2. The first-order valence-electron chi connectivity index (χ1n) is 4.57. The van der Waals surface area contributed by atoms with Crippen molar-refractivity contribution in [3.05, 3.63) is 55.6 Å². The van der Waals surface area contributed by atoms with Crippen molar-refractivity contribution in [1.29, 1.82) is 0 Å². The van der Waals surface area contributed by atoms with Crippen molar-refractivity contribution in [2.45, 2.75) is 6.10 Å². The highest BCUT2D eigenvalue weighted by Gasteiger charge is 2.19. The van der Waals surface area contributed by atoms with Gasteiger partial charge in [-0.25, -0.2) is 4.39 Å². The van der Waals surface area contributed by atoms with Crippen LogP contribution in [-0.4, -0.2) is 5.11 Å². The van der Waals surface area contributed by atoms with Crippen LogP contribution in [0, 0.1) is 5.82 Å². The lowest BCUT2D eigenvalue weighted by atomic mass is 10.1. The molecule has 90 valence electrons. The van der Waals surface area contributed by atoms with Gasteiger partial charge in [0.2, 0.25) is 0 Å². The molecule has 1 atom stereocenters. The van der Waals surface area contributed by atoms with Gasteiger partial charge in [0.1, 0.15) is 17.7 Å². The maximum atomic E-state index is 13.7. The fourth-order valence-electron chi connectivity index (χ4n) is 1.38. The van der Waals surface area contributed by atoms with E-state index >= 15 is 0 Å². The predicted molar refractivity (Wildman–Crippen MR) is 69.6 cm³/mol. The number of hydrogen-bond donors (Lipinski definition) is 1. The molecule has 0 amide bonds. The summed E-state index contributed by atoms with van der Waals surface area (Å²) >= 11 is 12.1. The molecule has 0 bridgehead atoms. The summed E-state index contributed by atoms with van der Waals surface area (Å²) in [6.07, 6.45) is -1.19. The van der Waals surface area contributed by atoms with E-state index in [9.17, 15) is 9.50 Å². The van der Waals surface area contributed by atoms with E-state index in [0.717, 1.165) is 0 Å². The third-order valence-electron chi connectivity index (χ3n) is 2.20. The molecule has 1 aromatic heterocycles. The lowest BCUT2D eigenvalue weighted by Crippen LogP contribution is -2.01. The van der Waals surface area contributed by atoms with Crippen LogP contribution in [0.5, 0.6) is 0 Å². The zero-order valence-corrected chi connectivity index (χ0v) is 12.2. The van der Waals surface area contributed by atoms with Gasteiger partial charge in [0.15, 0.2) is 4.67 Å². The minimum Gasteiger partial charge on any atom is -0.451 e. The molecule has 1 aromatic carbocycles. The van der Waals surface area contributed by atoms with Gasteiger partial charge in [-0.3, -0.25) is 0 Å². The Kier molecular flexibility index (Phi) is 3.92. The predicted octanol–water partition coefficient (Wildman–Crippen LogP) is 4.68. The van der Waals surface area contributed by atoms with Gasteiger partial charge in [-0.05, 0) is 56.1 Å². The van der Waals surface area contributed by atoms with Crippen LogP contribution in [0.2, 0.25) is 5.02 Å². The Morgan fingerprint density at radius 2 is 2.00 bits per heavy atom. The standard InChI is InChI=1S/C11H6Br2ClFO2/c12-6-4-8(15)5(3-7(6)14)11(16)9-1-2-10(13)17-9/h1-4,11,16H. The molecule has 0 aliphatic rings. The topological polar surface area (TPSA) is 33.4 Å². The molecule has 17 heavy (non-hydrogen) atoms. The molecule has 6 heteroatoms. The normalized spacial score (nSPS) is 12.8. The Bertz CT molecular complexity index is 556. The number of aliphatic hydroxyl groups is 1. The first kappa shape index (κ1) is 13.1. The summed E-state index contributed by atoms with van der Waals surface area (Å²) < 4.78 is 19.7. The maximum absolute atomic E-state index is 13.7. The maximum Gasteiger partial charge on any atom is 0.169 e. The van der Waals surface area contributed by atoms with E-state index in [-0.39, 0.29) is 11.3 Å². The molecule has 0 saturated carbocycles. The Labute approximate surface area is 119 Å². The van der Waals surface area contributed by atoms with Gasteiger partial charge in [-0.1, -0.05) is 11.6 Å². The van der Waals surface area contributed by atoms with E-state index < -0.39 is 11.9 Å². The molecule has 0 aliphatic heterocycles. The summed E-state index contributed by atoms with van der Waals surface area (Å²) in [7, 11) is 0. The lowest BCUT2D eigenvalue weighted by Gasteiger charge is -2.10. The Balaban J connectivity index is 2.43. The molecule has 1 heterocycles. The van der Waals surface area contributed by atoms with Crippen molar-refractivity contribution >= 4 is 43.5 Å². The average Bonchev–Trinajstić information content (AvgIpc) is 2.69. The van der Waals surface area contributed by atoms with Crippen LogP contribution in [0.4, 0.5) is 4.39 Å². The van der Waals surface area contributed by atoms with Crippen molar-refractivity contribution in [1.82, 2.24) is 0 Å². The van der Waals surface area contributed by atoms with E-state index in [2.05, 4.69) is 31.9 Å². The third kappa shape index (κ3) is 2.73. The smallest absolute Gasteiger partial charge is 0.169 e. The monoisotopic (exact) mass is 382 g/mol. The summed E-state index contributed by atoms with van der Waals surface area (Å²) in [6.45, 7) is 0. The molecule has 1 N–H and O–H groups in total. The molecule has 0 radical (unpaired) electrons. The van der Waals surface area contributed by atoms with E-state index in [1.165, 1.54) is 12.1 Å². The van der Waals surface area contributed by atoms with Gasteiger partial charge < -0.3 is 9.52 Å². The Morgan fingerprint density at radius 1 is 1.29 bits per heavy atom. The number of halogens is 4. The first-order valence-corrected chi connectivity index (χ1v) is 6.53. The van der Waals surface area contributed by atoms with Crippen LogP contribution >= 0.6 is 43.5 Å². The van der Waals surface area contributed by atoms with E-state index in [4.69, 9.17) is 16.0 Å². The van der Waals surface area contributed by atoms with Crippen LogP contribution in [0.15, 0.2) is 37.8 Å². The first-order chi connectivity index (χ1) is 7.99. The molecule has 0 aliphatic carbocycles. The van der Waals surface area contributed by atoms with Crippen molar-refractivity contribution < 1.29 is 13.9 Å². The fourth-order valence-corrected chi connectivity index (χ4v) is 2.18. The summed E-state index contributed by atoms with van der Waals surface area (Å²) in [4.78, 5) is 0. The molecule has 2 rings (SSSR count). The Hall–Kier alpha value is -0.360. The second-order valence-corrected chi connectivity index (χ2v) is 5.38. The van der Waals surface area contributed by atoms with Gasteiger partial charge in [-0.15, -0.1) is 0 Å². The minimum atomic E-state index is -1.19. The van der Waals surface area contributed by atoms with Crippen LogP contribution in [0.1, 0.15) is 17.4 Å². The molecule has 0 saturated heterocycles. The van der Waals surface area contributed by atoms with Crippen LogP contribution < -0.4 is 0 Å². The van der Waals surface area contributed by atoms with Crippen molar-refractivity contribution in [3.63, 3.8) is 0 Å². The molecular weight excluding hydrogens is 378 g/mol. The second-order valence-electron chi connectivity index (χ2n) is 3.33. The highest BCUT2D eigenvalue weighted by Crippen LogP contribution is 2.32. The van der Waals surface area contributed by atoms with Crippen molar-refractivity contribution in [3.8, 4) is 0 Å². The zero-order chi connectivity index (χ0) is 12.6. The van der Waals surface area contributed by atoms with Gasteiger partial charge in [-0.2, -0.15) is 0 Å². The van der Waals surface area contributed by atoms with Gasteiger partial charge in [0, 0.05) is 10.0 Å². The SMILES string of the molecule is OC(c1ccc(Br)o1)c1cc(Cl)c(Br)cc1F. The van der Waals surface area contributed by atoms with Gasteiger partial charge in [0.05, 0.1) is 5.02 Å². The van der Waals surface area contributed by atoms with Crippen molar-refractivity contribution in [2.75, 3.05) is 0 Å². The van der Waals surface area contributed by atoms with Crippen molar-refractivity contribution in [2.24, 2.45) is 0 Å². The van der Waals surface area contributed by atoms with E-state index in [1.54, 1.807) is 12.1 Å². The fraction of sp³-hybridized carbons (Fsp3) is 0.0909. The van der Waals surface area contributed by atoms with Crippen LogP contribution in [0.25, 0.3) is 0 Å². The summed E-state index contributed by atoms with van der Waals surface area (Å²) in [5.41, 5.74) is 0.0695. The Morgan fingerprint density at radius 3 is 2.59 bits per heavy atom. The van der Waals surface area contributed by atoms with Gasteiger partial charge in [0.25, 0.3) is 0 Å². The molecule has 1 unspecified atom stereocenters. The number of hydrogen-bond acceptors (Lipinski definition) is 2. The zero-order valence-electron chi connectivity index (χ0n) is 8.25. The highest BCUT2D eigenvalue weighted by molar-refractivity contribution is 9.10. The summed E-state index contributed by atoms with van der Waals surface area (Å²) in [6, 6.07) is 5.75. The molecule has 0 fully saturated rings. The van der Waals surface area contributed by atoms with E-state index in [0.29, 0.717) is 14.2 Å². The highest BCUT2D eigenvalue weighted by atomic mass is 79.9. The number of benzene rings is 1. The minimum absolute atomic E-state index is 0.0695. The number of aliphatic hydroxyl groups excluding tert-OH is 1. The van der Waals surface area contributed by atoms with Gasteiger partial charge >= 0.3 is 0 Å². The second kappa shape index (κ2) is 5.10.